The Morgan fingerprint density at radius 3 is 2.33 bits per heavy atom. The van der Waals surface area contributed by atoms with Crippen molar-refractivity contribution in [1.29, 1.82) is 0 Å². The number of rotatable bonds is 4. The van der Waals surface area contributed by atoms with Gasteiger partial charge in [0, 0.05) is 32.4 Å². The van der Waals surface area contributed by atoms with E-state index in [0.29, 0.717) is 0 Å². The van der Waals surface area contributed by atoms with Gasteiger partial charge in [-0.2, -0.15) is 13.2 Å². The quantitative estimate of drug-likeness (QED) is 0.809. The number of amides is 2. The third-order valence-electron chi connectivity index (χ3n) is 3.96. The van der Waals surface area contributed by atoms with Gasteiger partial charge in [-0.05, 0) is 24.3 Å². The summed E-state index contributed by atoms with van der Waals surface area (Å²) in [6, 6.07) is 5.98. The van der Waals surface area contributed by atoms with Crippen LogP contribution in [-0.4, -0.2) is 65.6 Å². The number of hydrogen-bond acceptors (Lipinski definition) is 5. The van der Waals surface area contributed by atoms with Crippen LogP contribution in [0.1, 0.15) is 20.9 Å². The lowest BCUT2D eigenvalue weighted by molar-refractivity contribution is -0.154. The summed E-state index contributed by atoms with van der Waals surface area (Å²) in [4.78, 5) is 31.6. The van der Waals surface area contributed by atoms with Crippen LogP contribution in [0.2, 0.25) is 0 Å². The second-order valence-corrected chi connectivity index (χ2v) is 5.82. The zero-order chi connectivity index (χ0) is 19.4. The van der Waals surface area contributed by atoms with E-state index in [9.17, 15) is 22.8 Å². The number of furan rings is 1. The molecule has 0 radical (unpaired) electrons. The van der Waals surface area contributed by atoms with Gasteiger partial charge in [-0.15, -0.1) is 0 Å². The zero-order valence-corrected chi connectivity index (χ0v) is 14.1. The third-order valence-corrected chi connectivity index (χ3v) is 3.96. The zero-order valence-electron chi connectivity index (χ0n) is 14.1. The Balaban J connectivity index is 1.63. The summed E-state index contributed by atoms with van der Waals surface area (Å²) in [6.45, 7) is -0.498. The fourth-order valence-electron chi connectivity index (χ4n) is 2.66. The van der Waals surface area contributed by atoms with Gasteiger partial charge in [0.1, 0.15) is 5.56 Å². The first-order chi connectivity index (χ1) is 12.8. The highest BCUT2D eigenvalue weighted by Gasteiger charge is 2.31. The van der Waals surface area contributed by atoms with Crippen LogP contribution < -0.4 is 4.74 Å². The van der Waals surface area contributed by atoms with Gasteiger partial charge in [0.05, 0.1) is 6.26 Å². The number of halogens is 3. The first-order valence-electron chi connectivity index (χ1n) is 8.12. The van der Waals surface area contributed by atoms with Gasteiger partial charge < -0.3 is 19.0 Å². The Kier molecular flexibility index (Phi) is 5.33. The minimum absolute atomic E-state index is 0.0486. The van der Waals surface area contributed by atoms with Crippen molar-refractivity contribution in [3.63, 3.8) is 0 Å². The molecule has 2 amide bonds. The molecule has 1 aliphatic rings. The highest BCUT2D eigenvalue weighted by Crippen LogP contribution is 2.22. The van der Waals surface area contributed by atoms with E-state index in [1.165, 1.54) is 29.5 Å². The SMILES string of the molecule is O=C(c1ccco1)N1CCN(C(=O)c2cccnc2OCC(F)(F)F)CC1. The minimum Gasteiger partial charge on any atom is -0.467 e. The van der Waals surface area contributed by atoms with Crippen LogP contribution in [-0.2, 0) is 0 Å². The van der Waals surface area contributed by atoms with Crippen LogP contribution in [0.5, 0.6) is 5.88 Å². The summed E-state index contributed by atoms with van der Waals surface area (Å²) in [7, 11) is 0. The topological polar surface area (TPSA) is 75.9 Å². The van der Waals surface area contributed by atoms with Gasteiger partial charge in [0.15, 0.2) is 12.4 Å². The normalized spacial score (nSPS) is 14.9. The fraction of sp³-hybridized carbons (Fsp3) is 0.353. The van der Waals surface area contributed by atoms with Gasteiger partial charge in [0.25, 0.3) is 11.8 Å². The van der Waals surface area contributed by atoms with E-state index in [1.54, 1.807) is 17.0 Å². The van der Waals surface area contributed by atoms with Crippen molar-refractivity contribution in [2.24, 2.45) is 0 Å². The molecule has 0 saturated carbocycles. The molecule has 10 heteroatoms. The second kappa shape index (κ2) is 7.68. The average Bonchev–Trinajstić information content (AvgIpc) is 3.20. The molecule has 144 valence electrons. The molecule has 1 fully saturated rings. The minimum atomic E-state index is -4.53. The van der Waals surface area contributed by atoms with E-state index in [-0.39, 0.29) is 49.3 Å². The number of aromatic nitrogens is 1. The number of hydrogen-bond donors (Lipinski definition) is 0. The molecule has 0 atom stereocenters. The van der Waals surface area contributed by atoms with Crippen LogP contribution in [0.25, 0.3) is 0 Å². The molecule has 1 saturated heterocycles. The van der Waals surface area contributed by atoms with Crippen molar-refractivity contribution in [2.45, 2.75) is 6.18 Å². The van der Waals surface area contributed by atoms with E-state index < -0.39 is 18.7 Å². The van der Waals surface area contributed by atoms with Gasteiger partial charge in [-0.25, -0.2) is 4.98 Å². The summed E-state index contributed by atoms with van der Waals surface area (Å²) in [6.07, 6.45) is -1.88. The summed E-state index contributed by atoms with van der Waals surface area (Å²) in [5, 5.41) is 0. The molecule has 3 heterocycles. The lowest BCUT2D eigenvalue weighted by Gasteiger charge is -2.34. The molecule has 7 nitrogen and oxygen atoms in total. The molecule has 2 aromatic heterocycles. The van der Waals surface area contributed by atoms with Gasteiger partial charge in [0.2, 0.25) is 5.88 Å². The average molecular weight is 383 g/mol. The maximum atomic E-state index is 12.7. The Morgan fingerprint density at radius 1 is 1.07 bits per heavy atom. The van der Waals surface area contributed by atoms with Crippen molar-refractivity contribution >= 4 is 11.8 Å². The largest absolute Gasteiger partial charge is 0.467 e. The lowest BCUT2D eigenvalue weighted by Crippen LogP contribution is -2.50. The van der Waals surface area contributed by atoms with Crippen LogP contribution >= 0.6 is 0 Å². The van der Waals surface area contributed by atoms with Crippen molar-refractivity contribution in [3.8, 4) is 5.88 Å². The molecule has 0 spiro atoms. The molecule has 0 bridgehead atoms. The van der Waals surface area contributed by atoms with Crippen LogP contribution in [0.4, 0.5) is 13.2 Å². The highest BCUT2D eigenvalue weighted by molar-refractivity contribution is 5.97. The molecule has 0 aliphatic carbocycles. The van der Waals surface area contributed by atoms with E-state index >= 15 is 0 Å². The summed E-state index contributed by atoms with van der Waals surface area (Å²) < 4.78 is 46.8. The molecule has 0 unspecified atom stereocenters. The number of carbonyl (C=O) groups excluding carboxylic acids is 2. The molecule has 1 aliphatic heterocycles. The number of piperazine rings is 1. The summed E-state index contributed by atoms with van der Waals surface area (Å²) in [5.74, 6) is -0.924. The predicted molar refractivity (Wildman–Crippen MR) is 86.3 cm³/mol. The van der Waals surface area contributed by atoms with Crippen molar-refractivity contribution in [2.75, 3.05) is 32.8 Å². The van der Waals surface area contributed by atoms with Gasteiger partial charge in [-0.3, -0.25) is 9.59 Å². The van der Waals surface area contributed by atoms with E-state index in [1.807, 2.05) is 0 Å². The van der Waals surface area contributed by atoms with Crippen LogP contribution in [0.3, 0.4) is 0 Å². The Labute approximate surface area is 152 Å². The van der Waals surface area contributed by atoms with Crippen molar-refractivity contribution < 1.29 is 31.9 Å². The van der Waals surface area contributed by atoms with E-state index in [2.05, 4.69) is 9.72 Å². The lowest BCUT2D eigenvalue weighted by atomic mass is 10.2. The molecule has 0 aromatic carbocycles. The van der Waals surface area contributed by atoms with Crippen molar-refractivity contribution in [1.82, 2.24) is 14.8 Å². The van der Waals surface area contributed by atoms with E-state index in [4.69, 9.17) is 4.42 Å². The Hall–Kier alpha value is -3.04. The highest BCUT2D eigenvalue weighted by atomic mass is 19.4. The van der Waals surface area contributed by atoms with Crippen molar-refractivity contribution in [3.05, 3.63) is 48.0 Å². The summed E-state index contributed by atoms with van der Waals surface area (Å²) >= 11 is 0. The van der Waals surface area contributed by atoms with Gasteiger partial charge >= 0.3 is 6.18 Å². The van der Waals surface area contributed by atoms with E-state index in [0.717, 1.165) is 0 Å². The van der Waals surface area contributed by atoms with Gasteiger partial charge in [-0.1, -0.05) is 0 Å². The molecule has 0 N–H and O–H groups in total. The fourth-order valence-corrected chi connectivity index (χ4v) is 2.66. The first-order valence-corrected chi connectivity index (χ1v) is 8.12. The first kappa shape index (κ1) is 18.7. The molecule has 3 rings (SSSR count). The number of carbonyl (C=O) groups is 2. The molecular weight excluding hydrogens is 367 g/mol. The molecular formula is C17H16F3N3O4. The molecule has 27 heavy (non-hydrogen) atoms. The maximum Gasteiger partial charge on any atom is 0.422 e. The molecule has 2 aromatic rings. The monoisotopic (exact) mass is 383 g/mol. The van der Waals surface area contributed by atoms with Crippen LogP contribution in [0.15, 0.2) is 41.1 Å². The number of ether oxygens (including phenoxy) is 1. The smallest absolute Gasteiger partial charge is 0.422 e. The number of alkyl halides is 3. The maximum absolute atomic E-state index is 12.7. The standard InChI is InChI=1S/C17H16F3N3O4/c18-17(19,20)11-27-14-12(3-1-5-21-14)15(24)22-6-8-23(9-7-22)16(25)13-4-2-10-26-13/h1-5,10H,6-9,11H2. The number of pyridine rings is 1. The third kappa shape index (κ3) is 4.57. The van der Waals surface area contributed by atoms with Crippen LogP contribution in [0, 0.1) is 0 Å². The number of nitrogens with zero attached hydrogens (tertiary/aromatic N) is 3. The summed E-state index contributed by atoms with van der Waals surface area (Å²) in [5.41, 5.74) is -0.0486. The Morgan fingerprint density at radius 2 is 1.74 bits per heavy atom. The predicted octanol–water partition coefficient (Wildman–Crippen LogP) is 2.21. The second-order valence-electron chi connectivity index (χ2n) is 5.82. The Bertz CT molecular complexity index is 800.